The Morgan fingerprint density at radius 1 is 1.45 bits per heavy atom. The van der Waals surface area contributed by atoms with Gasteiger partial charge in [0.05, 0.1) is 5.60 Å². The molecule has 0 radical (unpaired) electrons. The van der Waals surface area contributed by atoms with Gasteiger partial charge in [-0.2, -0.15) is 0 Å². The second kappa shape index (κ2) is 5.49. The first-order chi connectivity index (χ1) is 9.63. The molecule has 3 nitrogen and oxygen atoms in total. The molecule has 1 N–H and O–H groups in total. The standard InChI is InChI=1S/C16H20BrNO2/c1-20-16(6-2-7-16)10-14(17)12-4-3-11-5-8-18-15(19)13(11)9-12/h3-4,9,14H,2,5-8,10H2,1H3,(H,18,19). The highest BCUT2D eigenvalue weighted by Crippen LogP contribution is 2.44. The quantitative estimate of drug-likeness (QED) is 0.855. The zero-order chi connectivity index (χ0) is 14.2. The molecular weight excluding hydrogens is 318 g/mol. The smallest absolute Gasteiger partial charge is 0.251 e. The molecule has 1 aromatic rings. The minimum Gasteiger partial charge on any atom is -0.378 e. The molecule has 1 aromatic carbocycles. The number of amides is 1. The van der Waals surface area contributed by atoms with Crippen LogP contribution >= 0.6 is 15.9 Å². The summed E-state index contributed by atoms with van der Waals surface area (Å²) < 4.78 is 5.69. The Bertz CT molecular complexity index is 520. The lowest BCUT2D eigenvalue weighted by Crippen LogP contribution is -2.39. The normalized spacial score (nSPS) is 21.6. The number of hydrogen-bond acceptors (Lipinski definition) is 2. The number of rotatable bonds is 4. The van der Waals surface area contributed by atoms with Gasteiger partial charge < -0.3 is 10.1 Å². The van der Waals surface area contributed by atoms with Crippen molar-refractivity contribution in [1.29, 1.82) is 0 Å². The molecule has 108 valence electrons. The number of alkyl halides is 1. The fraction of sp³-hybridized carbons (Fsp3) is 0.562. The van der Waals surface area contributed by atoms with Crippen LogP contribution in [0.15, 0.2) is 18.2 Å². The van der Waals surface area contributed by atoms with E-state index in [4.69, 9.17) is 4.74 Å². The van der Waals surface area contributed by atoms with Gasteiger partial charge >= 0.3 is 0 Å². The molecule has 2 aliphatic rings. The first-order valence-corrected chi connectivity index (χ1v) is 8.15. The summed E-state index contributed by atoms with van der Waals surface area (Å²) in [6.07, 6.45) is 5.41. The number of nitrogens with one attached hydrogen (secondary N) is 1. The van der Waals surface area contributed by atoms with E-state index in [1.165, 1.54) is 12.0 Å². The van der Waals surface area contributed by atoms with Crippen LogP contribution < -0.4 is 5.32 Å². The Balaban J connectivity index is 1.80. The predicted molar refractivity (Wildman–Crippen MR) is 82.4 cm³/mol. The molecule has 1 aliphatic carbocycles. The molecule has 1 aliphatic heterocycles. The molecule has 0 saturated heterocycles. The molecule has 1 fully saturated rings. The van der Waals surface area contributed by atoms with Crippen LogP contribution in [0, 0.1) is 0 Å². The number of benzene rings is 1. The highest BCUT2D eigenvalue weighted by atomic mass is 79.9. The minimum atomic E-state index is 0.0341. The van der Waals surface area contributed by atoms with Crippen LogP contribution in [0.1, 0.15) is 52.0 Å². The van der Waals surface area contributed by atoms with Gasteiger partial charge in [-0.1, -0.05) is 28.1 Å². The second-order valence-electron chi connectivity index (χ2n) is 5.83. The topological polar surface area (TPSA) is 38.3 Å². The van der Waals surface area contributed by atoms with Gasteiger partial charge in [-0.3, -0.25) is 4.79 Å². The number of carbonyl (C=O) groups excluding carboxylic acids is 1. The van der Waals surface area contributed by atoms with E-state index in [0.717, 1.165) is 43.4 Å². The van der Waals surface area contributed by atoms with Crippen molar-refractivity contribution in [1.82, 2.24) is 5.32 Å². The Morgan fingerprint density at radius 2 is 2.25 bits per heavy atom. The van der Waals surface area contributed by atoms with Gasteiger partial charge in [0.1, 0.15) is 0 Å². The molecular formula is C16H20BrNO2. The van der Waals surface area contributed by atoms with Crippen LogP contribution in [0.2, 0.25) is 0 Å². The molecule has 1 amide bonds. The maximum Gasteiger partial charge on any atom is 0.251 e. The Labute approximate surface area is 128 Å². The van der Waals surface area contributed by atoms with Crippen molar-refractivity contribution in [3.63, 3.8) is 0 Å². The van der Waals surface area contributed by atoms with E-state index in [1.54, 1.807) is 7.11 Å². The average Bonchev–Trinajstić information content (AvgIpc) is 2.43. The Morgan fingerprint density at radius 3 is 2.90 bits per heavy atom. The summed E-state index contributed by atoms with van der Waals surface area (Å²) in [4.78, 5) is 12.2. The van der Waals surface area contributed by atoms with Gasteiger partial charge in [-0.25, -0.2) is 0 Å². The van der Waals surface area contributed by atoms with E-state index in [-0.39, 0.29) is 16.3 Å². The lowest BCUT2D eigenvalue weighted by atomic mass is 9.76. The van der Waals surface area contributed by atoms with E-state index in [1.807, 2.05) is 6.07 Å². The average molecular weight is 338 g/mol. The number of hydrogen-bond donors (Lipinski definition) is 1. The van der Waals surface area contributed by atoms with Gasteiger partial charge in [0.15, 0.2) is 0 Å². The summed E-state index contributed by atoms with van der Waals surface area (Å²) in [5, 5.41) is 2.91. The van der Waals surface area contributed by atoms with Crippen LogP contribution in [0.3, 0.4) is 0 Å². The largest absolute Gasteiger partial charge is 0.378 e. The van der Waals surface area contributed by atoms with Crippen molar-refractivity contribution < 1.29 is 9.53 Å². The number of methoxy groups -OCH3 is 1. The van der Waals surface area contributed by atoms with Crippen LogP contribution in [0.25, 0.3) is 0 Å². The number of carbonyl (C=O) groups is 1. The second-order valence-corrected chi connectivity index (χ2v) is 6.94. The van der Waals surface area contributed by atoms with Gasteiger partial charge in [0.2, 0.25) is 0 Å². The van der Waals surface area contributed by atoms with Crippen molar-refractivity contribution in [3.05, 3.63) is 34.9 Å². The number of fused-ring (bicyclic) bond motifs is 1. The van der Waals surface area contributed by atoms with E-state index in [9.17, 15) is 4.79 Å². The fourth-order valence-corrected chi connectivity index (χ4v) is 4.01. The maximum absolute atomic E-state index is 11.9. The highest BCUT2D eigenvalue weighted by Gasteiger charge is 2.38. The van der Waals surface area contributed by atoms with Gasteiger partial charge in [0.25, 0.3) is 5.91 Å². The van der Waals surface area contributed by atoms with Gasteiger partial charge in [-0.05, 0) is 49.3 Å². The maximum atomic E-state index is 11.9. The molecule has 1 heterocycles. The molecule has 20 heavy (non-hydrogen) atoms. The zero-order valence-electron chi connectivity index (χ0n) is 11.7. The van der Waals surface area contributed by atoms with Crippen LogP contribution in [0.5, 0.6) is 0 Å². The van der Waals surface area contributed by atoms with Crippen LogP contribution in [0.4, 0.5) is 0 Å². The third-order valence-corrected chi connectivity index (χ3v) is 5.52. The minimum absolute atomic E-state index is 0.0341. The van der Waals surface area contributed by atoms with Gasteiger partial charge in [0, 0.05) is 24.0 Å². The lowest BCUT2D eigenvalue weighted by molar-refractivity contribution is -0.0773. The summed E-state index contributed by atoms with van der Waals surface area (Å²) in [7, 11) is 1.80. The number of halogens is 1. The zero-order valence-corrected chi connectivity index (χ0v) is 13.3. The van der Waals surface area contributed by atoms with Crippen LogP contribution in [-0.2, 0) is 11.2 Å². The first-order valence-electron chi connectivity index (χ1n) is 7.24. The molecule has 1 atom stereocenters. The Kier molecular flexibility index (Phi) is 3.87. The third-order valence-electron chi connectivity index (χ3n) is 4.67. The molecule has 1 saturated carbocycles. The van der Waals surface area contributed by atoms with Crippen molar-refractivity contribution >= 4 is 21.8 Å². The van der Waals surface area contributed by atoms with Crippen LogP contribution in [-0.4, -0.2) is 25.2 Å². The van der Waals surface area contributed by atoms with Crippen molar-refractivity contribution in [2.45, 2.75) is 42.5 Å². The number of ether oxygens (including phenoxy) is 1. The molecule has 1 unspecified atom stereocenters. The summed E-state index contributed by atoms with van der Waals surface area (Å²) in [6, 6.07) is 6.27. The predicted octanol–water partition coefficient (Wildman–Crippen LogP) is 3.37. The molecule has 3 rings (SSSR count). The van der Waals surface area contributed by atoms with Crippen molar-refractivity contribution in [2.75, 3.05) is 13.7 Å². The lowest BCUT2D eigenvalue weighted by Gasteiger charge is -2.42. The van der Waals surface area contributed by atoms with E-state index >= 15 is 0 Å². The van der Waals surface area contributed by atoms with Gasteiger partial charge in [-0.15, -0.1) is 0 Å². The SMILES string of the molecule is COC1(CC(Br)c2ccc3c(c2)C(=O)NCC3)CCC1. The molecule has 4 heteroatoms. The van der Waals surface area contributed by atoms with E-state index in [2.05, 4.69) is 33.4 Å². The first kappa shape index (κ1) is 14.1. The molecule has 0 bridgehead atoms. The summed E-state index contributed by atoms with van der Waals surface area (Å²) in [6.45, 7) is 0.746. The van der Waals surface area contributed by atoms with E-state index < -0.39 is 0 Å². The third kappa shape index (κ3) is 2.51. The fourth-order valence-electron chi connectivity index (χ4n) is 3.13. The van der Waals surface area contributed by atoms with E-state index in [0.29, 0.717) is 0 Å². The summed E-state index contributed by atoms with van der Waals surface area (Å²) >= 11 is 3.77. The highest BCUT2D eigenvalue weighted by molar-refractivity contribution is 9.09. The monoisotopic (exact) mass is 337 g/mol. The Hall–Kier alpha value is -0.870. The molecule has 0 spiro atoms. The van der Waals surface area contributed by atoms with Crippen molar-refractivity contribution in [2.24, 2.45) is 0 Å². The summed E-state index contributed by atoms with van der Waals surface area (Å²) in [5.74, 6) is 0.0536. The summed E-state index contributed by atoms with van der Waals surface area (Å²) in [5.41, 5.74) is 3.19. The molecule has 0 aromatic heterocycles. The van der Waals surface area contributed by atoms with Crippen molar-refractivity contribution in [3.8, 4) is 0 Å².